The molecule has 33 heavy (non-hydrogen) atoms. The van der Waals surface area contributed by atoms with E-state index in [2.05, 4.69) is 10.4 Å². The van der Waals surface area contributed by atoms with Gasteiger partial charge in [0.15, 0.2) is 16.6 Å². The van der Waals surface area contributed by atoms with E-state index < -0.39 is 0 Å². The van der Waals surface area contributed by atoms with Gasteiger partial charge < -0.3 is 15.0 Å². The van der Waals surface area contributed by atoms with Crippen LogP contribution in [-0.4, -0.2) is 45.7 Å². The van der Waals surface area contributed by atoms with Crippen molar-refractivity contribution in [3.63, 3.8) is 0 Å². The zero-order chi connectivity index (χ0) is 22.9. The molecule has 8 nitrogen and oxygen atoms in total. The molecule has 5 rings (SSSR count). The Balaban J connectivity index is 1.47. The average molecular weight is 467 g/mol. The highest BCUT2D eigenvalue weighted by Crippen LogP contribution is 2.33. The van der Waals surface area contributed by atoms with Crippen LogP contribution in [0, 0.1) is 11.7 Å². The van der Waals surface area contributed by atoms with Crippen LogP contribution in [-0.2, 0) is 11.2 Å². The molecular weight excluding hydrogens is 443 g/mol. The van der Waals surface area contributed by atoms with Crippen molar-refractivity contribution >= 4 is 33.9 Å². The number of aromatic nitrogens is 4. The Hall–Kier alpha value is -3.37. The number of benzene rings is 1. The molecule has 4 heterocycles. The summed E-state index contributed by atoms with van der Waals surface area (Å²) in [5, 5.41) is 10.4. The largest absolute Gasteiger partial charge is 0.406 e. The Morgan fingerprint density at radius 3 is 2.82 bits per heavy atom. The summed E-state index contributed by atoms with van der Waals surface area (Å²) in [4.78, 5) is 23.8. The number of thiazole rings is 1. The molecule has 0 bridgehead atoms. The maximum atomic E-state index is 13.3. The normalized spacial score (nSPS) is 15.8. The predicted octanol–water partition coefficient (Wildman–Crippen LogP) is 3.84. The molecule has 1 unspecified atom stereocenters. The number of rotatable bonds is 6. The SMILES string of the molecule is CCc1nc2ccc(OC(=O)C3CCNC3)nn2c1N(C)c1nc(-c2ccc(F)cc2)cs1. The number of imidazole rings is 1. The highest BCUT2D eigenvalue weighted by Gasteiger charge is 2.25. The van der Waals surface area contributed by atoms with Gasteiger partial charge >= 0.3 is 5.97 Å². The van der Waals surface area contributed by atoms with Crippen LogP contribution in [0.3, 0.4) is 0 Å². The lowest BCUT2D eigenvalue weighted by Gasteiger charge is -2.16. The second-order valence-electron chi connectivity index (χ2n) is 7.87. The van der Waals surface area contributed by atoms with Gasteiger partial charge in [-0.15, -0.1) is 16.4 Å². The minimum Gasteiger partial charge on any atom is -0.406 e. The van der Waals surface area contributed by atoms with Crippen LogP contribution in [0.15, 0.2) is 41.8 Å². The summed E-state index contributed by atoms with van der Waals surface area (Å²) in [5.74, 6) is 0.282. The maximum Gasteiger partial charge on any atom is 0.317 e. The number of hydrogen-bond donors (Lipinski definition) is 1. The number of esters is 1. The van der Waals surface area contributed by atoms with Crippen molar-refractivity contribution in [2.24, 2.45) is 5.92 Å². The van der Waals surface area contributed by atoms with Crippen LogP contribution in [0.25, 0.3) is 16.9 Å². The number of aryl methyl sites for hydroxylation is 1. The van der Waals surface area contributed by atoms with E-state index in [9.17, 15) is 9.18 Å². The van der Waals surface area contributed by atoms with Gasteiger partial charge in [-0.05, 0) is 49.7 Å². The third-order valence-corrected chi connectivity index (χ3v) is 6.59. The number of nitrogens with one attached hydrogen (secondary N) is 1. The third-order valence-electron chi connectivity index (χ3n) is 5.67. The van der Waals surface area contributed by atoms with Crippen LogP contribution in [0.2, 0.25) is 0 Å². The Morgan fingerprint density at radius 2 is 2.09 bits per heavy atom. The fraction of sp³-hybridized carbons (Fsp3) is 0.304. The van der Waals surface area contributed by atoms with Crippen LogP contribution in [0.5, 0.6) is 5.88 Å². The lowest BCUT2D eigenvalue weighted by Crippen LogP contribution is -2.23. The first-order valence-electron chi connectivity index (χ1n) is 10.8. The molecule has 0 aliphatic carbocycles. The first-order chi connectivity index (χ1) is 16.0. The summed E-state index contributed by atoms with van der Waals surface area (Å²) >= 11 is 1.47. The number of fused-ring (bicyclic) bond motifs is 1. The number of halogens is 1. The summed E-state index contributed by atoms with van der Waals surface area (Å²) in [6.45, 7) is 3.47. The minimum atomic E-state index is -0.281. The number of hydrogen-bond acceptors (Lipinski definition) is 8. The average Bonchev–Trinajstić information content (AvgIpc) is 3.58. The Bertz CT molecular complexity index is 1300. The molecule has 0 spiro atoms. The monoisotopic (exact) mass is 466 g/mol. The first-order valence-corrected chi connectivity index (χ1v) is 11.7. The molecule has 0 amide bonds. The van der Waals surface area contributed by atoms with E-state index in [0.29, 0.717) is 18.6 Å². The molecule has 0 saturated carbocycles. The van der Waals surface area contributed by atoms with Gasteiger partial charge in [0.05, 0.1) is 17.3 Å². The Morgan fingerprint density at radius 1 is 1.27 bits per heavy atom. The molecule has 0 radical (unpaired) electrons. The number of anilines is 2. The van der Waals surface area contributed by atoms with E-state index in [1.54, 1.807) is 28.8 Å². The number of nitrogens with zero attached hydrogens (tertiary/aromatic N) is 5. The van der Waals surface area contributed by atoms with Crippen LogP contribution in [0.4, 0.5) is 15.3 Å². The molecule has 10 heteroatoms. The standard InChI is InChI=1S/C23H23FN6O2S/c1-3-17-21(29(2)23-27-18(13-33-23)14-4-6-16(24)7-5-14)30-19(26-17)8-9-20(28-30)32-22(31)15-10-11-25-12-15/h4-9,13,15,25H,3,10-12H2,1-2H3. The predicted molar refractivity (Wildman–Crippen MR) is 125 cm³/mol. The minimum absolute atomic E-state index is 0.154. The van der Waals surface area contributed by atoms with Crippen molar-refractivity contribution in [1.29, 1.82) is 0 Å². The zero-order valence-corrected chi connectivity index (χ0v) is 19.1. The van der Waals surface area contributed by atoms with E-state index in [1.807, 2.05) is 24.3 Å². The quantitative estimate of drug-likeness (QED) is 0.432. The van der Waals surface area contributed by atoms with Crippen molar-refractivity contribution in [1.82, 2.24) is 24.9 Å². The summed E-state index contributed by atoms with van der Waals surface area (Å²) in [6, 6.07) is 9.73. The molecule has 1 atom stereocenters. The molecule has 1 fully saturated rings. The first kappa shape index (κ1) is 21.5. The van der Waals surface area contributed by atoms with Gasteiger partial charge in [-0.2, -0.15) is 4.52 Å². The Kier molecular flexibility index (Phi) is 5.77. The molecule has 1 N–H and O–H groups in total. The van der Waals surface area contributed by atoms with Gasteiger partial charge in [-0.25, -0.2) is 14.4 Å². The summed E-state index contributed by atoms with van der Waals surface area (Å²) in [6.07, 6.45) is 1.46. The van der Waals surface area contributed by atoms with Gasteiger partial charge in [0.25, 0.3) is 0 Å². The van der Waals surface area contributed by atoms with E-state index in [1.165, 1.54) is 23.5 Å². The third kappa shape index (κ3) is 4.19. The molecule has 1 aliphatic rings. The van der Waals surface area contributed by atoms with Gasteiger partial charge in [0, 0.05) is 30.6 Å². The van der Waals surface area contributed by atoms with Crippen molar-refractivity contribution in [3.05, 3.63) is 53.3 Å². The number of carbonyl (C=O) groups is 1. The number of ether oxygens (including phenoxy) is 1. The van der Waals surface area contributed by atoms with Crippen molar-refractivity contribution in [2.45, 2.75) is 19.8 Å². The van der Waals surface area contributed by atoms with Gasteiger partial charge in [0.2, 0.25) is 5.88 Å². The highest BCUT2D eigenvalue weighted by molar-refractivity contribution is 7.14. The number of carbonyl (C=O) groups excluding carboxylic acids is 1. The Labute approximate surface area is 194 Å². The topological polar surface area (TPSA) is 84.6 Å². The summed E-state index contributed by atoms with van der Waals surface area (Å²) in [7, 11) is 1.90. The molecule has 170 valence electrons. The van der Waals surface area contributed by atoms with Crippen molar-refractivity contribution in [3.8, 4) is 17.1 Å². The molecule has 1 saturated heterocycles. The smallest absolute Gasteiger partial charge is 0.317 e. The van der Waals surface area contributed by atoms with E-state index in [-0.39, 0.29) is 23.6 Å². The van der Waals surface area contributed by atoms with Crippen LogP contribution >= 0.6 is 11.3 Å². The molecule has 3 aromatic heterocycles. The second-order valence-corrected chi connectivity index (χ2v) is 8.71. The van der Waals surface area contributed by atoms with Crippen molar-refractivity contribution < 1.29 is 13.9 Å². The van der Waals surface area contributed by atoms with Crippen molar-refractivity contribution in [2.75, 3.05) is 25.0 Å². The van der Waals surface area contributed by atoms with Gasteiger partial charge in [-0.1, -0.05) is 6.92 Å². The van der Waals surface area contributed by atoms with E-state index >= 15 is 0 Å². The fourth-order valence-electron chi connectivity index (χ4n) is 3.88. The van der Waals surface area contributed by atoms with Crippen LogP contribution in [0.1, 0.15) is 19.0 Å². The lowest BCUT2D eigenvalue weighted by molar-refractivity contribution is -0.138. The molecule has 1 aromatic carbocycles. The van der Waals surface area contributed by atoms with E-state index in [4.69, 9.17) is 14.7 Å². The molecule has 4 aromatic rings. The van der Waals surface area contributed by atoms with Gasteiger partial charge in [0.1, 0.15) is 5.82 Å². The molecule has 1 aliphatic heterocycles. The highest BCUT2D eigenvalue weighted by atomic mass is 32.1. The zero-order valence-electron chi connectivity index (χ0n) is 18.3. The second kappa shape index (κ2) is 8.87. The van der Waals surface area contributed by atoms with Gasteiger partial charge in [-0.3, -0.25) is 4.79 Å². The molecular formula is C23H23FN6O2S. The lowest BCUT2D eigenvalue weighted by atomic mass is 10.1. The van der Waals surface area contributed by atoms with Crippen LogP contribution < -0.4 is 15.0 Å². The summed E-state index contributed by atoms with van der Waals surface area (Å²) in [5.41, 5.74) is 3.12. The van der Waals surface area contributed by atoms with E-state index in [0.717, 1.165) is 40.9 Å². The maximum absolute atomic E-state index is 13.3. The fourth-order valence-corrected chi connectivity index (χ4v) is 4.68. The summed E-state index contributed by atoms with van der Waals surface area (Å²) < 4.78 is 20.5.